The van der Waals surface area contributed by atoms with Crippen molar-refractivity contribution >= 4 is 39.5 Å². The molecule has 0 aromatic carbocycles. The highest BCUT2D eigenvalue weighted by atomic mass is 31.2. The Labute approximate surface area is 619 Å². The number of unbranched alkanes of at least 4 members (excludes halogenated alkanes) is 44. The lowest BCUT2D eigenvalue weighted by molar-refractivity contribution is -0.161. The molecule has 3 N–H and O–H groups in total. The molecule has 0 saturated heterocycles. The van der Waals surface area contributed by atoms with Crippen LogP contribution in [0.4, 0.5) is 0 Å². The fraction of sp³-hybridized carbons (Fsp3) is 0.951. The van der Waals surface area contributed by atoms with Gasteiger partial charge in [-0.3, -0.25) is 37.3 Å². The summed E-state index contributed by atoms with van der Waals surface area (Å²) in [5.74, 6) is 0.976. The summed E-state index contributed by atoms with van der Waals surface area (Å²) in [7, 11) is -9.92. The zero-order chi connectivity index (χ0) is 74.6. The topological polar surface area (TPSA) is 237 Å². The van der Waals surface area contributed by atoms with Crippen LogP contribution in [0.15, 0.2) is 0 Å². The molecule has 0 bridgehead atoms. The summed E-state index contributed by atoms with van der Waals surface area (Å²) < 4.78 is 68.7. The van der Waals surface area contributed by atoms with Crippen LogP contribution in [0.3, 0.4) is 0 Å². The molecule has 0 rings (SSSR count). The summed E-state index contributed by atoms with van der Waals surface area (Å²) in [6.45, 7) is 14.2. The van der Waals surface area contributed by atoms with Crippen molar-refractivity contribution in [1.29, 1.82) is 0 Å². The van der Waals surface area contributed by atoms with E-state index >= 15 is 0 Å². The van der Waals surface area contributed by atoms with E-state index in [0.717, 1.165) is 114 Å². The number of ether oxygens (including phenoxy) is 4. The van der Waals surface area contributed by atoms with Crippen molar-refractivity contribution in [1.82, 2.24) is 0 Å². The van der Waals surface area contributed by atoms with Gasteiger partial charge in [-0.25, -0.2) is 9.13 Å². The highest BCUT2D eigenvalue weighted by molar-refractivity contribution is 7.47. The predicted molar refractivity (Wildman–Crippen MR) is 414 cm³/mol. The fourth-order valence-corrected chi connectivity index (χ4v) is 14.2. The molecule has 0 fully saturated rings. The molecule has 0 aromatic heterocycles. The predicted octanol–water partition coefficient (Wildman–Crippen LogP) is 24.4. The van der Waals surface area contributed by atoms with Crippen molar-refractivity contribution in [2.24, 2.45) is 23.7 Å². The summed E-state index contributed by atoms with van der Waals surface area (Å²) in [5.41, 5.74) is 0. The zero-order valence-electron chi connectivity index (χ0n) is 66.5. The number of aliphatic hydroxyl groups is 1. The summed E-state index contributed by atoms with van der Waals surface area (Å²) in [5, 5.41) is 10.6. The lowest BCUT2D eigenvalue weighted by Gasteiger charge is -2.21. The molecule has 0 aliphatic heterocycles. The van der Waals surface area contributed by atoms with E-state index in [1.54, 1.807) is 0 Å². The highest BCUT2D eigenvalue weighted by Crippen LogP contribution is 2.45. The van der Waals surface area contributed by atoms with Gasteiger partial charge in [0.05, 0.1) is 26.4 Å². The standard InChI is InChI=1S/C82H160O17P2/c1-9-75(8)61-53-45-36-30-24-20-16-12-10-11-13-17-21-25-31-37-46-54-62-79(84)92-68-77(98-81(86)64-56-48-38-32-26-22-18-14-15-19-23-28-34-42-50-58-72(2)3)70-96-100(88,89)94-66-76(83)67-95-101(90,91)97-71-78(69-93-80(85)63-55-47-41-40-44-52-60-74(6)7)99-82(87)65-57-49-39-33-27-29-35-43-51-59-73(4)5/h72-78,83H,9-71H2,1-8H3,(H,88,89)(H,90,91)/t75?,76-,77-,78-/m1/s1. The average Bonchev–Trinajstić information content (AvgIpc) is 0.924. The number of carbonyl (C=O) groups excluding carboxylic acids is 4. The average molecular weight is 1480 g/mol. The third-order valence-corrected chi connectivity index (χ3v) is 21.3. The Balaban J connectivity index is 5.19. The molecular formula is C82H160O17P2. The summed E-state index contributed by atoms with van der Waals surface area (Å²) in [4.78, 5) is 73.0. The zero-order valence-corrected chi connectivity index (χ0v) is 68.3. The maximum absolute atomic E-state index is 13.1. The van der Waals surface area contributed by atoms with Gasteiger partial charge in [0, 0.05) is 25.7 Å². The highest BCUT2D eigenvalue weighted by Gasteiger charge is 2.30. The second kappa shape index (κ2) is 71.0. The monoisotopic (exact) mass is 1480 g/mol. The van der Waals surface area contributed by atoms with Gasteiger partial charge in [0.25, 0.3) is 0 Å². The minimum absolute atomic E-state index is 0.104. The van der Waals surface area contributed by atoms with Crippen molar-refractivity contribution in [2.75, 3.05) is 39.6 Å². The van der Waals surface area contributed by atoms with Gasteiger partial charge < -0.3 is 33.8 Å². The first-order valence-electron chi connectivity index (χ1n) is 42.2. The molecule has 101 heavy (non-hydrogen) atoms. The minimum Gasteiger partial charge on any atom is -0.462 e. The van der Waals surface area contributed by atoms with E-state index < -0.39 is 97.5 Å². The molecule has 19 heteroatoms. The van der Waals surface area contributed by atoms with Gasteiger partial charge in [-0.15, -0.1) is 0 Å². The van der Waals surface area contributed by atoms with E-state index in [2.05, 4.69) is 55.4 Å². The summed E-state index contributed by atoms with van der Waals surface area (Å²) in [6, 6.07) is 0. The van der Waals surface area contributed by atoms with E-state index in [1.807, 2.05) is 0 Å². The molecule has 3 unspecified atom stereocenters. The van der Waals surface area contributed by atoms with Crippen molar-refractivity contribution in [2.45, 2.75) is 440 Å². The number of esters is 4. The van der Waals surface area contributed by atoms with Gasteiger partial charge in [0.1, 0.15) is 19.3 Å². The Bertz CT molecular complexity index is 1970. The second-order valence-electron chi connectivity index (χ2n) is 31.2. The summed E-state index contributed by atoms with van der Waals surface area (Å²) in [6.07, 6.45) is 58.6. The first kappa shape index (κ1) is 99.1. The fourth-order valence-electron chi connectivity index (χ4n) is 12.6. The Morgan fingerprint density at radius 1 is 0.277 bits per heavy atom. The Hall–Kier alpha value is -1.94. The number of aliphatic hydroxyl groups excluding tert-OH is 1. The van der Waals surface area contributed by atoms with Crippen molar-refractivity contribution in [3.8, 4) is 0 Å². The number of phosphoric ester groups is 2. The van der Waals surface area contributed by atoms with E-state index in [9.17, 15) is 43.2 Å². The van der Waals surface area contributed by atoms with Crippen LogP contribution in [-0.2, 0) is 65.4 Å². The smallest absolute Gasteiger partial charge is 0.462 e. The number of rotatable bonds is 79. The number of hydrogen-bond donors (Lipinski definition) is 3. The van der Waals surface area contributed by atoms with Crippen LogP contribution in [0.2, 0.25) is 0 Å². The lowest BCUT2D eigenvalue weighted by Crippen LogP contribution is -2.30. The molecule has 0 heterocycles. The first-order valence-corrected chi connectivity index (χ1v) is 45.2. The molecule has 0 saturated carbocycles. The Kier molecular flexibility index (Phi) is 69.6. The van der Waals surface area contributed by atoms with Crippen LogP contribution in [-0.4, -0.2) is 96.7 Å². The largest absolute Gasteiger partial charge is 0.472 e. The van der Waals surface area contributed by atoms with Crippen molar-refractivity contribution < 1.29 is 80.2 Å². The summed E-state index contributed by atoms with van der Waals surface area (Å²) >= 11 is 0. The molecule has 0 aliphatic carbocycles. The molecule has 6 atom stereocenters. The van der Waals surface area contributed by atoms with Gasteiger partial charge in [-0.05, 0) is 49.4 Å². The third kappa shape index (κ3) is 74.7. The van der Waals surface area contributed by atoms with Crippen LogP contribution >= 0.6 is 15.6 Å². The second-order valence-corrected chi connectivity index (χ2v) is 34.1. The van der Waals surface area contributed by atoms with E-state index in [4.69, 9.17) is 37.0 Å². The maximum atomic E-state index is 13.1. The van der Waals surface area contributed by atoms with Crippen LogP contribution < -0.4 is 0 Å². The lowest BCUT2D eigenvalue weighted by atomic mass is 9.99. The van der Waals surface area contributed by atoms with E-state index in [-0.39, 0.29) is 25.7 Å². The minimum atomic E-state index is -4.96. The number of phosphoric acid groups is 2. The van der Waals surface area contributed by atoms with Gasteiger partial charge in [0.2, 0.25) is 0 Å². The molecule has 0 aromatic rings. The van der Waals surface area contributed by atoms with E-state index in [1.165, 1.54) is 218 Å². The Morgan fingerprint density at radius 3 is 0.703 bits per heavy atom. The SMILES string of the molecule is CCC(C)CCCCCCCCCCCCCCCCCCCCC(=O)OC[C@H](COP(=O)(O)OC[C@@H](O)COP(=O)(O)OC[C@@H](COC(=O)CCCCCCCCC(C)C)OC(=O)CCCCCCCCCCCC(C)C)OC(=O)CCCCCCCCCCCCCCCCCC(C)C. The molecule has 17 nitrogen and oxygen atoms in total. The van der Waals surface area contributed by atoms with Crippen LogP contribution in [0.25, 0.3) is 0 Å². The normalized spacial score (nSPS) is 14.3. The van der Waals surface area contributed by atoms with Crippen LogP contribution in [0, 0.1) is 23.7 Å². The first-order chi connectivity index (χ1) is 48.6. The van der Waals surface area contributed by atoms with Gasteiger partial charge in [0.15, 0.2) is 12.2 Å². The van der Waals surface area contributed by atoms with Crippen molar-refractivity contribution in [3.05, 3.63) is 0 Å². The molecule has 600 valence electrons. The van der Waals surface area contributed by atoms with Crippen LogP contribution in [0.5, 0.6) is 0 Å². The number of carbonyl (C=O) groups is 4. The molecule has 0 spiro atoms. The van der Waals surface area contributed by atoms with Gasteiger partial charge in [-0.2, -0.15) is 0 Å². The molecule has 0 radical (unpaired) electrons. The number of hydrogen-bond acceptors (Lipinski definition) is 15. The molecule has 0 amide bonds. The van der Waals surface area contributed by atoms with Gasteiger partial charge in [-0.1, -0.05) is 370 Å². The maximum Gasteiger partial charge on any atom is 0.472 e. The Morgan fingerprint density at radius 2 is 0.475 bits per heavy atom. The van der Waals surface area contributed by atoms with E-state index in [0.29, 0.717) is 31.6 Å². The van der Waals surface area contributed by atoms with Crippen molar-refractivity contribution in [3.63, 3.8) is 0 Å². The molecular weight excluding hydrogens is 1320 g/mol. The van der Waals surface area contributed by atoms with Crippen LogP contribution in [0.1, 0.15) is 421 Å². The van der Waals surface area contributed by atoms with Gasteiger partial charge >= 0.3 is 39.5 Å². The third-order valence-electron chi connectivity index (χ3n) is 19.4. The quantitative estimate of drug-likeness (QED) is 0.0222. The molecule has 0 aliphatic rings.